The van der Waals surface area contributed by atoms with Gasteiger partial charge in [0.25, 0.3) is 0 Å². The van der Waals surface area contributed by atoms with Gasteiger partial charge in [-0.2, -0.15) is 15.6 Å². The highest BCUT2D eigenvalue weighted by atomic mass is 15.3. The van der Waals surface area contributed by atoms with Crippen LogP contribution in [0, 0.1) is 22.7 Å². The van der Waals surface area contributed by atoms with Gasteiger partial charge in [0.2, 0.25) is 5.71 Å². The largest absolute Gasteiger partial charge is 0.370 e. The summed E-state index contributed by atoms with van der Waals surface area (Å²) in [5, 5.41) is 24.0. The zero-order valence-corrected chi connectivity index (χ0v) is 10.2. The molecule has 2 N–H and O–H groups in total. The van der Waals surface area contributed by atoms with Crippen molar-refractivity contribution in [3.63, 3.8) is 0 Å². The van der Waals surface area contributed by atoms with Gasteiger partial charge in [0, 0.05) is 18.7 Å². The van der Waals surface area contributed by atoms with Gasteiger partial charge >= 0.3 is 0 Å². The molecule has 0 aromatic heterocycles. The van der Waals surface area contributed by atoms with E-state index in [2.05, 4.69) is 20.8 Å². The Morgan fingerprint density at radius 1 is 1.26 bits per heavy atom. The molecule has 0 aliphatic carbocycles. The molecule has 94 valence electrons. The van der Waals surface area contributed by atoms with Crippen molar-refractivity contribution in [2.24, 2.45) is 10.1 Å². The van der Waals surface area contributed by atoms with Crippen LogP contribution in [0.5, 0.6) is 0 Å². The maximum atomic E-state index is 8.55. The third-order valence-electron chi connectivity index (χ3n) is 2.56. The number of rotatable bonds is 3. The average Bonchev–Trinajstić information content (AvgIpc) is 2.50. The molecule has 0 saturated carbocycles. The van der Waals surface area contributed by atoms with Crippen molar-refractivity contribution in [1.29, 1.82) is 10.5 Å². The van der Waals surface area contributed by atoms with Crippen LogP contribution < -0.4 is 10.7 Å². The van der Waals surface area contributed by atoms with Gasteiger partial charge in [-0.1, -0.05) is 0 Å². The minimum atomic E-state index is -0.206. The number of aliphatic imine (C=N–C) groups is 1. The Labute approximate surface area is 111 Å². The minimum Gasteiger partial charge on any atom is -0.370 e. The lowest BCUT2D eigenvalue weighted by Gasteiger charge is -2.14. The van der Waals surface area contributed by atoms with Gasteiger partial charge in [-0.3, -0.25) is 10.4 Å². The first-order valence-corrected chi connectivity index (χ1v) is 5.86. The van der Waals surface area contributed by atoms with Crippen molar-refractivity contribution in [3.8, 4) is 12.1 Å². The van der Waals surface area contributed by atoms with E-state index in [1.54, 1.807) is 12.1 Å². The topological polar surface area (TPSA) is 96.4 Å². The van der Waals surface area contributed by atoms with E-state index in [4.69, 9.17) is 10.5 Å². The van der Waals surface area contributed by atoms with E-state index in [1.165, 1.54) is 0 Å². The molecule has 1 aliphatic rings. The van der Waals surface area contributed by atoms with Crippen LogP contribution >= 0.6 is 0 Å². The maximum absolute atomic E-state index is 8.55. The second kappa shape index (κ2) is 6.18. The van der Waals surface area contributed by atoms with E-state index >= 15 is 0 Å². The molecule has 1 aromatic carbocycles. The molecule has 6 nitrogen and oxygen atoms in total. The van der Waals surface area contributed by atoms with Gasteiger partial charge in [0.1, 0.15) is 18.0 Å². The Balaban J connectivity index is 2.07. The lowest BCUT2D eigenvalue weighted by molar-refractivity contribution is 0.742. The van der Waals surface area contributed by atoms with Crippen LogP contribution in [0.15, 0.2) is 34.4 Å². The molecular formula is C13H12N6. The first kappa shape index (κ1) is 12.6. The van der Waals surface area contributed by atoms with Gasteiger partial charge < -0.3 is 5.32 Å². The second-order valence-electron chi connectivity index (χ2n) is 3.88. The molecule has 6 heteroatoms. The van der Waals surface area contributed by atoms with E-state index in [0.717, 1.165) is 30.9 Å². The molecular weight excluding hydrogens is 240 g/mol. The fraction of sp³-hybridized carbons (Fsp3) is 0.231. The number of nitriles is 2. The van der Waals surface area contributed by atoms with Crippen LogP contribution in [0.2, 0.25) is 0 Å². The molecule has 1 aromatic rings. The molecule has 0 amide bonds. The SMILES string of the molecule is N#CC(C#N)=NNc1ccc(C2=NCCCN2)cc1. The Morgan fingerprint density at radius 2 is 2.00 bits per heavy atom. The van der Waals surface area contributed by atoms with Crippen LogP contribution in [0.1, 0.15) is 12.0 Å². The second-order valence-corrected chi connectivity index (χ2v) is 3.88. The zero-order chi connectivity index (χ0) is 13.5. The predicted octanol–water partition coefficient (Wildman–Crippen LogP) is 1.24. The van der Waals surface area contributed by atoms with Gasteiger partial charge in [-0.05, 0) is 30.7 Å². The number of nitrogens with one attached hydrogen (secondary N) is 2. The lowest BCUT2D eigenvalue weighted by Crippen LogP contribution is -2.30. The summed E-state index contributed by atoms with van der Waals surface area (Å²) in [5.74, 6) is 0.899. The molecule has 0 spiro atoms. The fourth-order valence-corrected chi connectivity index (χ4v) is 1.62. The fourth-order valence-electron chi connectivity index (χ4n) is 1.62. The van der Waals surface area contributed by atoms with E-state index < -0.39 is 0 Å². The number of hydrazone groups is 1. The third-order valence-corrected chi connectivity index (χ3v) is 2.56. The van der Waals surface area contributed by atoms with E-state index in [9.17, 15) is 0 Å². The highest BCUT2D eigenvalue weighted by Crippen LogP contribution is 2.11. The summed E-state index contributed by atoms with van der Waals surface area (Å²) < 4.78 is 0. The Bertz CT molecular complexity index is 569. The Kier molecular flexibility index (Phi) is 4.09. The molecule has 0 unspecified atom stereocenters. The summed E-state index contributed by atoms with van der Waals surface area (Å²) in [6.45, 7) is 1.79. The first-order valence-electron chi connectivity index (χ1n) is 5.86. The number of hydrogen-bond acceptors (Lipinski definition) is 6. The van der Waals surface area contributed by atoms with Crippen molar-refractivity contribution in [1.82, 2.24) is 5.32 Å². The summed E-state index contributed by atoms with van der Waals surface area (Å²) in [6, 6.07) is 10.8. The van der Waals surface area contributed by atoms with Gasteiger partial charge in [0.05, 0.1) is 5.69 Å². The molecule has 19 heavy (non-hydrogen) atoms. The number of nitrogens with zero attached hydrogens (tertiary/aromatic N) is 4. The lowest BCUT2D eigenvalue weighted by atomic mass is 10.1. The van der Waals surface area contributed by atoms with E-state index in [1.807, 2.05) is 24.3 Å². The molecule has 2 rings (SSSR count). The van der Waals surface area contributed by atoms with Crippen LogP contribution in [0.3, 0.4) is 0 Å². The summed E-state index contributed by atoms with van der Waals surface area (Å²) >= 11 is 0. The summed E-state index contributed by atoms with van der Waals surface area (Å²) in [6.07, 6.45) is 1.06. The monoisotopic (exact) mass is 252 g/mol. The van der Waals surface area contributed by atoms with Crippen LogP contribution in [-0.2, 0) is 0 Å². The summed E-state index contributed by atoms with van der Waals surface area (Å²) in [5.41, 5.74) is 4.17. The molecule has 1 aliphatic heterocycles. The number of hydrogen-bond donors (Lipinski definition) is 2. The number of benzene rings is 1. The molecule has 1 heterocycles. The molecule has 0 radical (unpaired) electrons. The van der Waals surface area contributed by atoms with Gasteiger partial charge in [0.15, 0.2) is 0 Å². The third kappa shape index (κ3) is 3.30. The molecule has 0 saturated heterocycles. The standard InChI is InChI=1S/C13H12N6/c14-8-12(9-15)19-18-11-4-2-10(3-5-11)13-16-6-1-7-17-13/h2-5,18H,1,6-7H2,(H,16,17). The van der Waals surface area contributed by atoms with Crippen LogP contribution in [-0.4, -0.2) is 24.6 Å². The van der Waals surface area contributed by atoms with Crippen molar-refractivity contribution >= 4 is 17.2 Å². The zero-order valence-electron chi connectivity index (χ0n) is 10.2. The van der Waals surface area contributed by atoms with Crippen molar-refractivity contribution in [3.05, 3.63) is 29.8 Å². The molecule has 0 atom stereocenters. The first-order chi connectivity index (χ1) is 9.33. The number of anilines is 1. The van der Waals surface area contributed by atoms with Crippen LogP contribution in [0.25, 0.3) is 0 Å². The average molecular weight is 252 g/mol. The summed E-state index contributed by atoms with van der Waals surface area (Å²) in [4.78, 5) is 4.40. The highest BCUT2D eigenvalue weighted by molar-refractivity contribution is 6.10. The smallest absolute Gasteiger partial charge is 0.237 e. The quantitative estimate of drug-likeness (QED) is 0.624. The van der Waals surface area contributed by atoms with Crippen LogP contribution in [0.4, 0.5) is 5.69 Å². The van der Waals surface area contributed by atoms with E-state index in [-0.39, 0.29) is 5.71 Å². The summed E-state index contributed by atoms with van der Waals surface area (Å²) in [7, 11) is 0. The van der Waals surface area contributed by atoms with Gasteiger partial charge in [-0.25, -0.2) is 0 Å². The Hall–Kier alpha value is -2.86. The highest BCUT2D eigenvalue weighted by Gasteiger charge is 2.06. The van der Waals surface area contributed by atoms with Crippen molar-refractivity contribution in [2.45, 2.75) is 6.42 Å². The Morgan fingerprint density at radius 3 is 2.58 bits per heavy atom. The number of amidine groups is 1. The normalized spacial score (nSPS) is 13.3. The predicted molar refractivity (Wildman–Crippen MR) is 72.7 cm³/mol. The van der Waals surface area contributed by atoms with E-state index in [0.29, 0.717) is 5.69 Å². The maximum Gasteiger partial charge on any atom is 0.237 e. The van der Waals surface area contributed by atoms with Gasteiger partial charge in [-0.15, -0.1) is 0 Å². The molecule has 0 bridgehead atoms. The molecule has 0 fully saturated rings. The van der Waals surface area contributed by atoms with Crippen molar-refractivity contribution < 1.29 is 0 Å². The minimum absolute atomic E-state index is 0.206. The van der Waals surface area contributed by atoms with Crippen molar-refractivity contribution in [2.75, 3.05) is 18.5 Å².